The summed E-state index contributed by atoms with van der Waals surface area (Å²) < 4.78 is 0.418. The second kappa shape index (κ2) is 6.66. The SMILES string of the molecule is CCCCCCc1ccc2[nH]cc(C(=O)O)c(=S)c2c1. The van der Waals surface area contributed by atoms with E-state index in [9.17, 15) is 4.79 Å². The van der Waals surface area contributed by atoms with Crippen LogP contribution in [0, 0.1) is 4.51 Å². The number of H-pyrrole nitrogens is 1. The third kappa shape index (κ3) is 3.25. The number of aromatic carboxylic acids is 1. The first-order valence-corrected chi connectivity index (χ1v) is 7.42. The molecule has 0 amide bonds. The van der Waals surface area contributed by atoms with Gasteiger partial charge in [0, 0.05) is 17.1 Å². The summed E-state index contributed by atoms with van der Waals surface area (Å²) in [5.74, 6) is -0.985. The van der Waals surface area contributed by atoms with E-state index in [4.69, 9.17) is 17.3 Å². The molecule has 1 aromatic heterocycles. The Kier molecular flexibility index (Phi) is 4.90. The van der Waals surface area contributed by atoms with Crippen LogP contribution >= 0.6 is 12.2 Å². The predicted octanol–water partition coefficient (Wildman–Crippen LogP) is 4.72. The van der Waals surface area contributed by atoms with Crippen LogP contribution in [0.1, 0.15) is 48.5 Å². The minimum absolute atomic E-state index is 0.163. The molecule has 0 saturated heterocycles. The molecule has 0 fully saturated rings. The second-order valence-electron chi connectivity index (χ2n) is 5.03. The Balaban J connectivity index is 2.30. The molecular weight excluding hydrogens is 270 g/mol. The molecule has 20 heavy (non-hydrogen) atoms. The maximum Gasteiger partial charge on any atom is 0.338 e. The molecule has 0 spiro atoms. The van der Waals surface area contributed by atoms with Crippen LogP contribution in [0.4, 0.5) is 0 Å². The fourth-order valence-corrected chi connectivity index (χ4v) is 2.65. The van der Waals surface area contributed by atoms with E-state index in [-0.39, 0.29) is 5.56 Å². The molecule has 1 aromatic carbocycles. The van der Waals surface area contributed by atoms with Crippen LogP contribution < -0.4 is 0 Å². The number of benzene rings is 1. The first-order chi connectivity index (χ1) is 9.63. The van der Waals surface area contributed by atoms with E-state index in [1.54, 1.807) is 0 Å². The Bertz CT molecular complexity index is 676. The normalized spacial score (nSPS) is 10.8. The summed E-state index contributed by atoms with van der Waals surface area (Å²) in [6.45, 7) is 2.20. The average molecular weight is 289 g/mol. The molecule has 106 valence electrons. The Morgan fingerprint density at radius 2 is 2.10 bits per heavy atom. The van der Waals surface area contributed by atoms with E-state index in [0.29, 0.717) is 4.51 Å². The van der Waals surface area contributed by atoms with Gasteiger partial charge in [-0.3, -0.25) is 0 Å². The first-order valence-electron chi connectivity index (χ1n) is 7.01. The summed E-state index contributed by atoms with van der Waals surface area (Å²) >= 11 is 5.28. The topological polar surface area (TPSA) is 53.1 Å². The third-order valence-electron chi connectivity index (χ3n) is 3.49. The number of fused-ring (bicyclic) bond motifs is 1. The van der Waals surface area contributed by atoms with Crippen LogP contribution in [0.5, 0.6) is 0 Å². The number of aromatic nitrogens is 1. The number of pyridine rings is 1. The van der Waals surface area contributed by atoms with Crippen molar-refractivity contribution in [3.8, 4) is 0 Å². The number of hydrogen-bond donors (Lipinski definition) is 2. The van der Waals surface area contributed by atoms with Gasteiger partial charge in [0.1, 0.15) is 0 Å². The quantitative estimate of drug-likeness (QED) is 0.597. The highest BCUT2D eigenvalue weighted by Crippen LogP contribution is 2.19. The summed E-state index contributed by atoms with van der Waals surface area (Å²) in [6, 6.07) is 6.08. The Hall–Kier alpha value is -1.68. The van der Waals surface area contributed by atoms with Gasteiger partial charge in [0.05, 0.1) is 10.1 Å². The molecule has 0 unspecified atom stereocenters. The summed E-state index contributed by atoms with van der Waals surface area (Å²) in [5.41, 5.74) is 2.27. The molecular formula is C16H19NO2S. The van der Waals surface area contributed by atoms with Crippen LogP contribution in [0.25, 0.3) is 10.9 Å². The van der Waals surface area contributed by atoms with Crippen molar-refractivity contribution in [2.24, 2.45) is 0 Å². The lowest BCUT2D eigenvalue weighted by Gasteiger charge is -2.05. The maximum atomic E-state index is 11.1. The number of carbonyl (C=O) groups is 1. The molecule has 0 atom stereocenters. The molecule has 0 bridgehead atoms. The summed E-state index contributed by atoms with van der Waals surface area (Å²) in [7, 11) is 0. The molecule has 4 heteroatoms. The van der Waals surface area contributed by atoms with Gasteiger partial charge in [0.2, 0.25) is 0 Å². The van der Waals surface area contributed by atoms with Crippen LogP contribution in [0.15, 0.2) is 24.4 Å². The Labute approximate surface area is 123 Å². The van der Waals surface area contributed by atoms with Crippen LogP contribution in [-0.4, -0.2) is 16.1 Å². The molecule has 2 aromatic rings. The minimum Gasteiger partial charge on any atom is -0.478 e. The zero-order chi connectivity index (χ0) is 14.5. The highest BCUT2D eigenvalue weighted by molar-refractivity contribution is 7.71. The second-order valence-corrected chi connectivity index (χ2v) is 5.44. The van der Waals surface area contributed by atoms with Crippen molar-refractivity contribution in [1.82, 2.24) is 4.98 Å². The lowest BCUT2D eigenvalue weighted by molar-refractivity contribution is 0.0696. The van der Waals surface area contributed by atoms with Gasteiger partial charge in [0.25, 0.3) is 0 Å². The van der Waals surface area contributed by atoms with Crippen molar-refractivity contribution in [2.75, 3.05) is 0 Å². The van der Waals surface area contributed by atoms with Crippen molar-refractivity contribution in [3.63, 3.8) is 0 Å². The largest absolute Gasteiger partial charge is 0.478 e. The fourth-order valence-electron chi connectivity index (χ4n) is 2.34. The standard InChI is InChI=1S/C16H19NO2S/c1-2-3-4-5-6-11-7-8-14-12(9-11)15(20)13(10-17-14)16(18)19/h7-10H,2-6H2,1H3,(H,17,20)(H,18,19). The number of aromatic amines is 1. The van der Waals surface area contributed by atoms with Crippen LogP contribution in [-0.2, 0) is 6.42 Å². The smallest absolute Gasteiger partial charge is 0.338 e. The average Bonchev–Trinajstić information content (AvgIpc) is 2.44. The number of nitrogens with one attached hydrogen (secondary N) is 1. The Morgan fingerprint density at radius 1 is 1.30 bits per heavy atom. The zero-order valence-corrected chi connectivity index (χ0v) is 12.4. The third-order valence-corrected chi connectivity index (χ3v) is 3.93. The summed E-state index contributed by atoms with van der Waals surface area (Å²) in [6.07, 6.45) is 7.36. The lowest BCUT2D eigenvalue weighted by atomic mass is 10.0. The monoisotopic (exact) mass is 289 g/mol. The van der Waals surface area contributed by atoms with Gasteiger partial charge in [-0.25, -0.2) is 4.79 Å². The number of carboxylic acids is 1. The number of aryl methyl sites for hydroxylation is 1. The fraction of sp³-hybridized carbons (Fsp3) is 0.375. The Morgan fingerprint density at radius 3 is 2.80 bits per heavy atom. The molecule has 0 aliphatic heterocycles. The zero-order valence-electron chi connectivity index (χ0n) is 11.6. The van der Waals surface area contributed by atoms with Gasteiger partial charge in [0.15, 0.2) is 0 Å². The van der Waals surface area contributed by atoms with Crippen molar-refractivity contribution in [1.29, 1.82) is 0 Å². The van der Waals surface area contributed by atoms with Gasteiger partial charge in [-0.1, -0.05) is 44.5 Å². The molecule has 0 aliphatic carbocycles. The van der Waals surface area contributed by atoms with Crippen molar-refractivity contribution in [2.45, 2.75) is 39.0 Å². The van der Waals surface area contributed by atoms with Gasteiger partial charge in [-0.15, -0.1) is 0 Å². The number of carboxylic acid groups (broad SMARTS) is 1. The first kappa shape index (κ1) is 14.7. The van der Waals surface area contributed by atoms with E-state index < -0.39 is 5.97 Å². The number of unbranched alkanes of at least 4 members (excludes halogenated alkanes) is 3. The van der Waals surface area contributed by atoms with E-state index in [2.05, 4.69) is 18.0 Å². The van der Waals surface area contributed by atoms with Crippen molar-refractivity contribution < 1.29 is 9.90 Å². The minimum atomic E-state index is -0.985. The molecule has 2 rings (SSSR count). The van der Waals surface area contributed by atoms with Gasteiger partial charge < -0.3 is 10.1 Å². The van der Waals surface area contributed by atoms with Gasteiger partial charge in [-0.2, -0.15) is 0 Å². The number of rotatable bonds is 6. The highest BCUT2D eigenvalue weighted by atomic mass is 32.1. The summed E-state index contributed by atoms with van der Waals surface area (Å²) in [5, 5.41) is 9.93. The molecule has 0 radical (unpaired) electrons. The molecule has 3 nitrogen and oxygen atoms in total. The van der Waals surface area contributed by atoms with Crippen molar-refractivity contribution >= 4 is 29.1 Å². The predicted molar refractivity (Wildman–Crippen MR) is 83.9 cm³/mol. The number of hydrogen-bond acceptors (Lipinski definition) is 2. The molecule has 0 aliphatic rings. The molecule has 2 N–H and O–H groups in total. The van der Waals surface area contributed by atoms with Crippen LogP contribution in [0.3, 0.4) is 0 Å². The van der Waals surface area contributed by atoms with E-state index >= 15 is 0 Å². The van der Waals surface area contributed by atoms with Gasteiger partial charge >= 0.3 is 5.97 Å². The van der Waals surface area contributed by atoms with E-state index in [1.807, 2.05) is 12.1 Å². The van der Waals surface area contributed by atoms with E-state index in [1.165, 1.54) is 31.0 Å². The highest BCUT2D eigenvalue weighted by Gasteiger charge is 2.08. The van der Waals surface area contributed by atoms with Crippen LogP contribution in [0.2, 0.25) is 0 Å². The molecule has 1 heterocycles. The summed E-state index contributed by atoms with van der Waals surface area (Å²) in [4.78, 5) is 14.1. The van der Waals surface area contributed by atoms with E-state index in [0.717, 1.165) is 23.7 Å². The molecule has 0 saturated carbocycles. The lowest BCUT2D eigenvalue weighted by Crippen LogP contribution is -1.99. The van der Waals surface area contributed by atoms with Crippen molar-refractivity contribution in [3.05, 3.63) is 40.0 Å². The van der Waals surface area contributed by atoms with Gasteiger partial charge in [-0.05, 0) is 30.5 Å². The maximum absolute atomic E-state index is 11.1.